The Kier molecular flexibility index (Phi) is 8.77. The van der Waals surface area contributed by atoms with E-state index in [2.05, 4.69) is 5.32 Å². The molecule has 0 aromatic heterocycles. The quantitative estimate of drug-likeness (QED) is 0.569. The van der Waals surface area contributed by atoms with Crippen LogP contribution in [0.1, 0.15) is 12.5 Å². The molecule has 2 aromatic carbocycles. The summed E-state index contributed by atoms with van der Waals surface area (Å²) in [5.41, 5.74) is 0.727. The number of carbonyl (C=O) groups excluding carboxylic acids is 2. The van der Waals surface area contributed by atoms with Gasteiger partial charge < -0.3 is 15.0 Å². The van der Waals surface area contributed by atoms with Crippen LogP contribution >= 0.6 is 23.2 Å². The average Bonchev–Trinajstić information content (AvgIpc) is 2.74. The zero-order chi connectivity index (χ0) is 24.1. The molecule has 0 radical (unpaired) electrons. The van der Waals surface area contributed by atoms with Crippen molar-refractivity contribution in [3.63, 3.8) is 0 Å². The summed E-state index contributed by atoms with van der Waals surface area (Å²) in [4.78, 5) is 27.0. The molecule has 2 aromatic rings. The molecule has 0 aliphatic carbocycles. The molecule has 0 spiro atoms. The molecule has 0 fully saturated rings. The minimum absolute atomic E-state index is 0.0113. The molecule has 32 heavy (non-hydrogen) atoms. The SMILES string of the molecule is CNC(=O)C(C)N(Cc1ccccc1Cl)C(=O)CN(c1cc(Cl)ccc1OC)S(C)(=O)=O. The molecule has 0 aliphatic rings. The van der Waals surface area contributed by atoms with Gasteiger partial charge in [0, 0.05) is 23.6 Å². The highest BCUT2D eigenvalue weighted by atomic mass is 35.5. The van der Waals surface area contributed by atoms with E-state index in [1.54, 1.807) is 37.3 Å². The van der Waals surface area contributed by atoms with E-state index in [1.165, 1.54) is 31.2 Å². The van der Waals surface area contributed by atoms with E-state index in [-0.39, 0.29) is 23.0 Å². The number of methoxy groups -OCH3 is 1. The standard InChI is InChI=1S/C21H25Cl2N3O5S/c1-14(21(28)24-2)25(12-15-7-5-6-8-17(15)23)20(27)13-26(32(4,29)30)18-11-16(22)9-10-19(18)31-3/h5-11,14H,12-13H2,1-4H3,(H,24,28). The van der Waals surface area contributed by atoms with E-state index < -0.39 is 34.4 Å². The fraction of sp³-hybridized carbons (Fsp3) is 0.333. The van der Waals surface area contributed by atoms with Crippen LogP contribution in [-0.2, 0) is 26.2 Å². The predicted octanol–water partition coefficient (Wildman–Crippen LogP) is 2.93. The lowest BCUT2D eigenvalue weighted by atomic mass is 10.1. The van der Waals surface area contributed by atoms with Gasteiger partial charge >= 0.3 is 0 Å². The van der Waals surface area contributed by atoms with Gasteiger partial charge in [0.2, 0.25) is 21.8 Å². The van der Waals surface area contributed by atoms with Gasteiger partial charge in [-0.3, -0.25) is 13.9 Å². The minimum Gasteiger partial charge on any atom is -0.495 e. The average molecular weight is 502 g/mol. The first kappa shape index (κ1) is 25.8. The predicted molar refractivity (Wildman–Crippen MR) is 126 cm³/mol. The first-order valence-electron chi connectivity index (χ1n) is 9.55. The summed E-state index contributed by atoms with van der Waals surface area (Å²) < 4.78 is 31.4. The van der Waals surface area contributed by atoms with Crippen molar-refractivity contribution in [2.45, 2.75) is 19.5 Å². The summed E-state index contributed by atoms with van der Waals surface area (Å²) in [7, 11) is -1.07. The number of nitrogens with one attached hydrogen (secondary N) is 1. The maximum Gasteiger partial charge on any atom is 0.244 e. The first-order valence-corrected chi connectivity index (χ1v) is 12.2. The molecule has 174 valence electrons. The molecule has 2 rings (SSSR count). The largest absolute Gasteiger partial charge is 0.495 e. The van der Waals surface area contributed by atoms with E-state index in [4.69, 9.17) is 27.9 Å². The molecule has 11 heteroatoms. The highest BCUT2D eigenvalue weighted by Gasteiger charge is 2.31. The lowest BCUT2D eigenvalue weighted by Gasteiger charge is -2.31. The number of hydrogen-bond acceptors (Lipinski definition) is 5. The number of sulfonamides is 1. The fourth-order valence-electron chi connectivity index (χ4n) is 3.05. The third kappa shape index (κ3) is 6.27. The maximum atomic E-state index is 13.4. The Bertz CT molecular complexity index is 1090. The van der Waals surface area contributed by atoms with Crippen LogP contribution in [0.5, 0.6) is 5.75 Å². The Morgan fingerprint density at radius 1 is 1.16 bits per heavy atom. The van der Waals surface area contributed by atoms with Gasteiger partial charge in [0.25, 0.3) is 0 Å². The third-order valence-electron chi connectivity index (χ3n) is 4.80. The highest BCUT2D eigenvalue weighted by molar-refractivity contribution is 7.92. The Labute approximate surface area is 198 Å². The summed E-state index contributed by atoms with van der Waals surface area (Å²) in [6.45, 7) is 0.997. The second-order valence-corrected chi connectivity index (χ2v) is 9.74. The molecular formula is C21H25Cl2N3O5S. The number of benzene rings is 2. The van der Waals surface area contributed by atoms with Crippen LogP contribution < -0.4 is 14.4 Å². The number of amides is 2. The normalized spacial score (nSPS) is 12.1. The molecule has 0 heterocycles. The van der Waals surface area contributed by atoms with Gasteiger partial charge in [-0.2, -0.15) is 0 Å². The Morgan fingerprint density at radius 3 is 2.38 bits per heavy atom. The number of anilines is 1. The molecule has 0 saturated carbocycles. The number of carbonyl (C=O) groups is 2. The second kappa shape index (κ2) is 10.9. The van der Waals surface area contributed by atoms with Crippen molar-refractivity contribution < 1.29 is 22.7 Å². The highest BCUT2D eigenvalue weighted by Crippen LogP contribution is 2.33. The number of ether oxygens (including phenoxy) is 1. The summed E-state index contributed by atoms with van der Waals surface area (Å²) in [6, 6.07) is 10.5. The first-order chi connectivity index (χ1) is 15.0. The van der Waals surface area contributed by atoms with Crippen molar-refractivity contribution >= 4 is 50.7 Å². The van der Waals surface area contributed by atoms with Gasteiger partial charge in [-0.05, 0) is 36.8 Å². The lowest BCUT2D eigenvalue weighted by molar-refractivity contribution is -0.139. The van der Waals surface area contributed by atoms with Crippen LogP contribution in [-0.4, -0.2) is 58.1 Å². The molecule has 1 atom stereocenters. The number of rotatable bonds is 9. The number of nitrogens with zero attached hydrogens (tertiary/aromatic N) is 2. The molecule has 0 bridgehead atoms. The molecule has 1 N–H and O–H groups in total. The third-order valence-corrected chi connectivity index (χ3v) is 6.53. The molecular weight excluding hydrogens is 477 g/mol. The van der Waals surface area contributed by atoms with Crippen LogP contribution in [0.4, 0.5) is 5.69 Å². The second-order valence-electron chi connectivity index (χ2n) is 6.99. The van der Waals surface area contributed by atoms with Crippen molar-refractivity contribution in [3.8, 4) is 5.75 Å². The summed E-state index contributed by atoms with van der Waals surface area (Å²) in [5, 5.41) is 3.20. The zero-order valence-corrected chi connectivity index (χ0v) is 20.5. The molecule has 1 unspecified atom stereocenters. The molecule has 0 aliphatic heterocycles. The number of hydrogen-bond donors (Lipinski definition) is 1. The van der Waals surface area contributed by atoms with E-state index in [0.717, 1.165) is 10.6 Å². The maximum absolute atomic E-state index is 13.4. The van der Waals surface area contributed by atoms with Crippen LogP contribution in [0.3, 0.4) is 0 Å². The summed E-state index contributed by atoms with van der Waals surface area (Å²) in [6.07, 6.45) is 0.973. The molecule has 0 saturated heterocycles. The van der Waals surface area contributed by atoms with E-state index >= 15 is 0 Å². The Morgan fingerprint density at radius 2 is 1.81 bits per heavy atom. The van der Waals surface area contributed by atoms with Crippen molar-refractivity contribution in [2.75, 3.05) is 31.3 Å². The smallest absolute Gasteiger partial charge is 0.244 e. The summed E-state index contributed by atoms with van der Waals surface area (Å²) >= 11 is 12.3. The summed E-state index contributed by atoms with van der Waals surface area (Å²) in [5.74, 6) is -0.783. The van der Waals surface area contributed by atoms with Gasteiger partial charge in [0.15, 0.2) is 0 Å². The Hall–Kier alpha value is -2.49. The van der Waals surface area contributed by atoms with Gasteiger partial charge in [-0.1, -0.05) is 41.4 Å². The fourth-order valence-corrected chi connectivity index (χ4v) is 4.26. The van der Waals surface area contributed by atoms with Crippen LogP contribution in [0.25, 0.3) is 0 Å². The minimum atomic E-state index is -3.91. The van der Waals surface area contributed by atoms with Crippen molar-refractivity contribution in [1.82, 2.24) is 10.2 Å². The van der Waals surface area contributed by atoms with E-state index in [0.29, 0.717) is 10.6 Å². The topological polar surface area (TPSA) is 96.0 Å². The lowest BCUT2D eigenvalue weighted by Crippen LogP contribution is -2.50. The Balaban J connectivity index is 2.47. The molecule has 8 nitrogen and oxygen atoms in total. The zero-order valence-electron chi connectivity index (χ0n) is 18.1. The van der Waals surface area contributed by atoms with E-state index in [9.17, 15) is 18.0 Å². The van der Waals surface area contributed by atoms with Gasteiger partial charge in [-0.25, -0.2) is 8.42 Å². The van der Waals surface area contributed by atoms with Crippen LogP contribution in [0.2, 0.25) is 10.0 Å². The van der Waals surface area contributed by atoms with Gasteiger partial charge in [0.1, 0.15) is 18.3 Å². The number of likely N-dealkylation sites (N-methyl/N-ethyl adjacent to an activating group) is 1. The van der Waals surface area contributed by atoms with E-state index in [1.807, 2.05) is 0 Å². The van der Waals surface area contributed by atoms with Crippen LogP contribution in [0.15, 0.2) is 42.5 Å². The van der Waals surface area contributed by atoms with Gasteiger partial charge in [-0.15, -0.1) is 0 Å². The van der Waals surface area contributed by atoms with Crippen molar-refractivity contribution in [2.24, 2.45) is 0 Å². The van der Waals surface area contributed by atoms with Crippen LogP contribution in [0, 0.1) is 0 Å². The molecule has 2 amide bonds. The van der Waals surface area contributed by atoms with Crippen molar-refractivity contribution in [1.29, 1.82) is 0 Å². The van der Waals surface area contributed by atoms with Gasteiger partial charge in [0.05, 0.1) is 19.1 Å². The number of halogens is 2. The monoisotopic (exact) mass is 501 g/mol. The van der Waals surface area contributed by atoms with Crippen molar-refractivity contribution in [3.05, 3.63) is 58.1 Å².